The monoisotopic (exact) mass is 292 g/mol. The molecule has 0 saturated heterocycles. The number of pyridine rings is 1. The van der Waals surface area contributed by atoms with Gasteiger partial charge in [0.1, 0.15) is 11.6 Å². The summed E-state index contributed by atoms with van der Waals surface area (Å²) in [6.07, 6.45) is 0.416. The maximum absolute atomic E-state index is 13.5. The van der Waals surface area contributed by atoms with E-state index in [0.717, 1.165) is 12.1 Å². The highest BCUT2D eigenvalue weighted by Crippen LogP contribution is 2.25. The second-order valence-corrected chi connectivity index (χ2v) is 5.03. The van der Waals surface area contributed by atoms with Gasteiger partial charge >= 0.3 is 0 Å². The maximum atomic E-state index is 13.5. The lowest BCUT2D eigenvalue weighted by Crippen LogP contribution is -2.04. The van der Waals surface area contributed by atoms with Gasteiger partial charge in [0.25, 0.3) is 0 Å². The third-order valence-corrected chi connectivity index (χ3v) is 3.58. The van der Waals surface area contributed by atoms with Crippen molar-refractivity contribution in [2.45, 2.75) is 11.1 Å². The Kier molecular flexibility index (Phi) is 4.66. The maximum Gasteiger partial charge on any atom is 0.131 e. The number of nitrogens with zero attached hydrogens (tertiary/aromatic N) is 2. The molecule has 0 amide bonds. The number of rotatable bonds is 4. The van der Waals surface area contributed by atoms with Gasteiger partial charge in [-0.15, -0.1) is 11.8 Å². The van der Waals surface area contributed by atoms with Crippen molar-refractivity contribution in [3.63, 3.8) is 0 Å². The number of thioether (sulfide) groups is 1. The van der Waals surface area contributed by atoms with Crippen LogP contribution in [0.2, 0.25) is 0 Å². The molecule has 0 spiro atoms. The van der Waals surface area contributed by atoms with Crippen molar-refractivity contribution >= 4 is 11.8 Å². The van der Waals surface area contributed by atoms with Gasteiger partial charge in [-0.2, -0.15) is 5.26 Å². The molecule has 1 N–H and O–H groups in total. The molecule has 2 aromatic rings. The standard InChI is InChI=1S/C14H10F2N2OS/c15-10-1-2-11(12(16)6-10)13(19)8-20-14-5-9(7-17)3-4-18-14/h1-6,13,19H,8H2. The number of hydrogen-bond acceptors (Lipinski definition) is 4. The van der Waals surface area contributed by atoms with E-state index >= 15 is 0 Å². The largest absolute Gasteiger partial charge is 0.387 e. The summed E-state index contributed by atoms with van der Waals surface area (Å²) in [6, 6.07) is 8.19. The second kappa shape index (κ2) is 6.46. The first-order valence-corrected chi connectivity index (χ1v) is 6.70. The summed E-state index contributed by atoms with van der Waals surface area (Å²) in [6.45, 7) is 0. The van der Waals surface area contributed by atoms with Gasteiger partial charge in [0.2, 0.25) is 0 Å². The van der Waals surface area contributed by atoms with Crippen LogP contribution in [0.3, 0.4) is 0 Å². The Balaban J connectivity index is 2.04. The summed E-state index contributed by atoms with van der Waals surface area (Å²) < 4.78 is 26.3. The van der Waals surface area contributed by atoms with Gasteiger partial charge in [-0.3, -0.25) is 0 Å². The minimum absolute atomic E-state index is 0.0373. The number of hydrogen-bond donors (Lipinski definition) is 1. The van der Waals surface area contributed by atoms with E-state index in [4.69, 9.17) is 5.26 Å². The molecule has 0 radical (unpaired) electrons. The smallest absolute Gasteiger partial charge is 0.131 e. The Labute approximate surface area is 118 Å². The third kappa shape index (κ3) is 3.53. The first-order valence-electron chi connectivity index (χ1n) is 5.72. The average Bonchev–Trinajstić information content (AvgIpc) is 2.45. The van der Waals surface area contributed by atoms with Crippen LogP contribution in [0.5, 0.6) is 0 Å². The molecule has 0 aliphatic carbocycles. The van der Waals surface area contributed by atoms with E-state index < -0.39 is 17.7 Å². The number of aliphatic hydroxyl groups is 1. The van der Waals surface area contributed by atoms with Crippen molar-refractivity contribution in [3.8, 4) is 6.07 Å². The Hall–Kier alpha value is -1.97. The van der Waals surface area contributed by atoms with Crippen LogP contribution < -0.4 is 0 Å². The molecule has 0 saturated carbocycles. The minimum Gasteiger partial charge on any atom is -0.387 e. The number of benzene rings is 1. The lowest BCUT2D eigenvalue weighted by molar-refractivity contribution is 0.198. The summed E-state index contributed by atoms with van der Waals surface area (Å²) in [5, 5.41) is 19.2. The fourth-order valence-electron chi connectivity index (χ4n) is 1.58. The number of aliphatic hydroxyl groups excluding tert-OH is 1. The van der Waals surface area contributed by atoms with E-state index in [1.165, 1.54) is 24.0 Å². The van der Waals surface area contributed by atoms with E-state index in [2.05, 4.69) is 4.98 Å². The lowest BCUT2D eigenvalue weighted by Gasteiger charge is -2.11. The van der Waals surface area contributed by atoms with E-state index in [-0.39, 0.29) is 11.3 Å². The highest BCUT2D eigenvalue weighted by Gasteiger charge is 2.14. The first-order chi connectivity index (χ1) is 9.60. The van der Waals surface area contributed by atoms with E-state index in [1.807, 2.05) is 6.07 Å². The number of aromatic nitrogens is 1. The molecule has 0 fully saturated rings. The average molecular weight is 292 g/mol. The summed E-state index contributed by atoms with van der Waals surface area (Å²) >= 11 is 1.19. The van der Waals surface area contributed by atoms with Crippen LogP contribution in [0.15, 0.2) is 41.6 Å². The fourth-order valence-corrected chi connectivity index (χ4v) is 2.44. The fraction of sp³-hybridized carbons (Fsp3) is 0.143. The first kappa shape index (κ1) is 14.4. The van der Waals surface area contributed by atoms with E-state index in [0.29, 0.717) is 10.6 Å². The normalized spacial score (nSPS) is 11.9. The second-order valence-electron chi connectivity index (χ2n) is 3.99. The van der Waals surface area contributed by atoms with Crippen molar-refractivity contribution in [1.29, 1.82) is 5.26 Å². The van der Waals surface area contributed by atoms with E-state index in [9.17, 15) is 13.9 Å². The van der Waals surface area contributed by atoms with Gasteiger partial charge in [-0.05, 0) is 18.2 Å². The molecule has 0 aliphatic heterocycles. The van der Waals surface area contributed by atoms with Gasteiger partial charge in [-0.1, -0.05) is 6.07 Å². The van der Waals surface area contributed by atoms with Crippen molar-refractivity contribution < 1.29 is 13.9 Å². The van der Waals surface area contributed by atoms with Crippen LogP contribution in [-0.4, -0.2) is 15.8 Å². The molecule has 1 aromatic heterocycles. The predicted octanol–water partition coefficient (Wildman–Crippen LogP) is 3.06. The van der Waals surface area contributed by atoms with Crippen LogP contribution in [-0.2, 0) is 0 Å². The highest BCUT2D eigenvalue weighted by molar-refractivity contribution is 7.99. The van der Waals surface area contributed by atoms with Gasteiger partial charge in [0, 0.05) is 23.6 Å². The number of nitriles is 1. The van der Waals surface area contributed by atoms with Crippen LogP contribution in [0.4, 0.5) is 8.78 Å². The molecule has 1 atom stereocenters. The summed E-state index contributed by atoms with van der Waals surface area (Å²) in [7, 11) is 0. The molecule has 1 unspecified atom stereocenters. The quantitative estimate of drug-likeness (QED) is 0.880. The van der Waals surface area contributed by atoms with Gasteiger partial charge in [0.15, 0.2) is 0 Å². The molecule has 20 heavy (non-hydrogen) atoms. The molecular formula is C14H10F2N2OS. The van der Waals surface area contributed by atoms with Crippen LogP contribution in [0.1, 0.15) is 17.2 Å². The van der Waals surface area contributed by atoms with Crippen molar-refractivity contribution in [3.05, 3.63) is 59.3 Å². The topological polar surface area (TPSA) is 56.9 Å². The Morgan fingerprint density at radius 2 is 2.10 bits per heavy atom. The molecule has 1 aromatic carbocycles. The van der Waals surface area contributed by atoms with Gasteiger partial charge in [-0.25, -0.2) is 13.8 Å². The third-order valence-electron chi connectivity index (χ3n) is 2.57. The lowest BCUT2D eigenvalue weighted by atomic mass is 10.1. The Bertz CT molecular complexity index is 658. The molecule has 0 aliphatic rings. The van der Waals surface area contributed by atoms with Crippen LogP contribution in [0, 0.1) is 23.0 Å². The van der Waals surface area contributed by atoms with Crippen molar-refractivity contribution in [2.75, 3.05) is 5.75 Å². The number of halogens is 2. The zero-order valence-electron chi connectivity index (χ0n) is 10.3. The van der Waals surface area contributed by atoms with Gasteiger partial charge in [0.05, 0.1) is 22.8 Å². The molecule has 0 bridgehead atoms. The SMILES string of the molecule is N#Cc1ccnc(SCC(O)c2ccc(F)cc2F)c1. The molecule has 102 valence electrons. The Morgan fingerprint density at radius 3 is 2.80 bits per heavy atom. The minimum atomic E-state index is -1.08. The Morgan fingerprint density at radius 1 is 1.30 bits per heavy atom. The molecular weight excluding hydrogens is 282 g/mol. The molecule has 2 rings (SSSR count). The van der Waals surface area contributed by atoms with E-state index in [1.54, 1.807) is 12.1 Å². The summed E-state index contributed by atoms with van der Waals surface area (Å²) in [4.78, 5) is 4.04. The summed E-state index contributed by atoms with van der Waals surface area (Å²) in [5.74, 6) is -1.31. The van der Waals surface area contributed by atoms with Crippen molar-refractivity contribution in [2.24, 2.45) is 0 Å². The zero-order chi connectivity index (χ0) is 14.5. The van der Waals surface area contributed by atoms with Crippen LogP contribution >= 0.6 is 11.8 Å². The molecule has 6 heteroatoms. The molecule has 1 heterocycles. The van der Waals surface area contributed by atoms with Crippen LogP contribution in [0.25, 0.3) is 0 Å². The predicted molar refractivity (Wildman–Crippen MR) is 71.0 cm³/mol. The summed E-state index contributed by atoms with van der Waals surface area (Å²) in [5.41, 5.74) is 0.500. The van der Waals surface area contributed by atoms with Crippen molar-refractivity contribution in [1.82, 2.24) is 4.98 Å². The zero-order valence-corrected chi connectivity index (χ0v) is 11.1. The highest BCUT2D eigenvalue weighted by atomic mass is 32.2. The van der Waals surface area contributed by atoms with Gasteiger partial charge < -0.3 is 5.11 Å². The molecule has 3 nitrogen and oxygen atoms in total.